The van der Waals surface area contributed by atoms with Crippen molar-refractivity contribution in [2.24, 2.45) is 5.10 Å². The van der Waals surface area contributed by atoms with Crippen molar-refractivity contribution in [2.75, 3.05) is 20.2 Å². The van der Waals surface area contributed by atoms with Crippen LogP contribution in [0.5, 0.6) is 11.5 Å². The van der Waals surface area contributed by atoms with E-state index in [4.69, 9.17) is 13.9 Å². The van der Waals surface area contributed by atoms with E-state index < -0.39 is 5.60 Å². The highest BCUT2D eigenvalue weighted by atomic mass is 16.5. The molecule has 0 radical (unpaired) electrons. The third kappa shape index (κ3) is 3.87. The minimum Gasteiger partial charge on any atom is -0.493 e. The number of nitrogens with one attached hydrogen (secondary N) is 3. The minimum atomic E-state index is -0.659. The number of ether oxygens (including phenoxy) is 2. The van der Waals surface area contributed by atoms with Gasteiger partial charge < -0.3 is 18.8 Å². The molecule has 3 aliphatic rings. The summed E-state index contributed by atoms with van der Waals surface area (Å²) >= 11 is 0. The fourth-order valence-corrected chi connectivity index (χ4v) is 5.20. The smallest absolute Gasteiger partial charge is 0.289 e. The zero-order chi connectivity index (χ0) is 25.7. The number of nitrogens with zero attached hydrogens (tertiary/aromatic N) is 2. The monoisotopic (exact) mass is 503 g/mol. The number of ketones is 2. The van der Waals surface area contributed by atoms with Crippen LogP contribution in [0.15, 0.2) is 45.9 Å². The van der Waals surface area contributed by atoms with Crippen LogP contribution in [0.4, 0.5) is 0 Å². The maximum absolute atomic E-state index is 13.3. The fraction of sp³-hybridized carbons (Fsp3) is 0.308. The molecule has 0 aliphatic carbocycles. The van der Waals surface area contributed by atoms with Crippen LogP contribution in [0.3, 0.4) is 0 Å². The third-order valence-electron chi connectivity index (χ3n) is 7.19. The molecule has 2 aromatic carbocycles. The number of furan rings is 1. The Kier molecular flexibility index (Phi) is 5.37. The van der Waals surface area contributed by atoms with Gasteiger partial charge in [0.15, 0.2) is 34.5 Å². The largest absolute Gasteiger partial charge is 0.493 e. The number of hydrogen-bond donors (Lipinski definition) is 3. The van der Waals surface area contributed by atoms with E-state index in [0.29, 0.717) is 65.4 Å². The summed E-state index contributed by atoms with van der Waals surface area (Å²) in [7, 11) is 1.51. The summed E-state index contributed by atoms with van der Waals surface area (Å²) in [6, 6.07) is 10.3. The number of rotatable bonds is 4. The van der Waals surface area contributed by atoms with Gasteiger partial charge in [0.1, 0.15) is 11.4 Å². The second-order valence-corrected chi connectivity index (χ2v) is 9.44. The second-order valence-electron chi connectivity index (χ2n) is 9.44. The van der Waals surface area contributed by atoms with Gasteiger partial charge in [-0.15, -0.1) is 10.6 Å². The van der Waals surface area contributed by atoms with Crippen molar-refractivity contribution in [3.05, 3.63) is 58.8 Å². The van der Waals surface area contributed by atoms with Crippen LogP contribution in [0.1, 0.15) is 63.0 Å². The van der Waals surface area contributed by atoms with Gasteiger partial charge in [0.05, 0.1) is 19.1 Å². The zero-order valence-electron chi connectivity index (χ0n) is 20.3. The highest BCUT2D eigenvalue weighted by molar-refractivity contribution is 6.09. The molecule has 1 aromatic heterocycles. The number of hydrogen-bond acceptors (Lipinski definition) is 10. The summed E-state index contributed by atoms with van der Waals surface area (Å²) in [5.41, 5.74) is 9.62. The van der Waals surface area contributed by atoms with Crippen molar-refractivity contribution in [3.63, 3.8) is 0 Å². The number of piperidine rings is 1. The van der Waals surface area contributed by atoms with Crippen LogP contribution in [0.2, 0.25) is 0 Å². The average Bonchev–Trinajstić information content (AvgIpc) is 3.59. The predicted octanol–water partition coefficient (Wildman–Crippen LogP) is 2.56. The number of benzene rings is 2. The molecule has 1 fully saturated rings. The number of likely N-dealkylation sites (tertiary alicyclic amines) is 1. The molecule has 0 saturated carbocycles. The molecule has 0 unspecified atom stereocenters. The van der Waals surface area contributed by atoms with Crippen molar-refractivity contribution in [3.8, 4) is 11.5 Å². The van der Waals surface area contributed by atoms with Gasteiger partial charge in [0.2, 0.25) is 0 Å². The molecule has 4 heterocycles. The van der Waals surface area contributed by atoms with E-state index in [1.54, 1.807) is 35.2 Å². The lowest BCUT2D eigenvalue weighted by Crippen LogP contribution is -2.52. The number of carbonyl (C=O) groups is 3. The summed E-state index contributed by atoms with van der Waals surface area (Å²) in [6.45, 7) is 2.29. The predicted molar refractivity (Wildman–Crippen MR) is 133 cm³/mol. The number of fused-ring (bicyclic) bond motifs is 2. The van der Waals surface area contributed by atoms with E-state index in [0.717, 1.165) is 5.56 Å². The number of amides is 1. The molecule has 6 rings (SSSR count). The molecule has 1 spiro atoms. The molecular formula is C26H25N5O6. The standard InChI is InChI=1S/C26H25N5O6/c1-14(32)16-4-6-21(35-2)23-17(16)12-22(36-23)25(34)31-9-7-26(8-10-31)13-19(33)18-11-15(3-5-20(18)37-26)24-27-29-30-28-24/h3-6,11-12,29-30H,7-10,13H2,1-2H3,(H,27,28). The maximum atomic E-state index is 13.3. The van der Waals surface area contributed by atoms with Gasteiger partial charge >= 0.3 is 0 Å². The molecule has 3 N–H and O–H groups in total. The molecule has 3 aromatic rings. The first-order chi connectivity index (χ1) is 17.9. The number of methoxy groups -OCH3 is 1. The summed E-state index contributed by atoms with van der Waals surface area (Å²) in [5, 5.41) is 4.62. The third-order valence-corrected chi connectivity index (χ3v) is 7.19. The second kappa shape index (κ2) is 8.63. The normalized spacial score (nSPS) is 18.1. The first-order valence-corrected chi connectivity index (χ1v) is 12.0. The van der Waals surface area contributed by atoms with Gasteiger partial charge in [0.25, 0.3) is 5.91 Å². The van der Waals surface area contributed by atoms with Gasteiger partial charge in [-0.05, 0) is 43.3 Å². The topological polar surface area (TPSA) is 134 Å². The Morgan fingerprint density at radius 3 is 2.65 bits per heavy atom. The molecule has 1 saturated heterocycles. The molecule has 0 atom stereocenters. The van der Waals surface area contributed by atoms with E-state index in [1.165, 1.54) is 14.0 Å². The SMILES string of the molecule is COc1ccc(C(C)=O)c2cc(C(=O)N3CCC4(CC3)CC(=O)c3cc(C5=NNNN5)ccc3O4)oc12. The maximum Gasteiger partial charge on any atom is 0.289 e. The van der Waals surface area contributed by atoms with Gasteiger partial charge in [-0.1, -0.05) is 0 Å². The quantitative estimate of drug-likeness (QED) is 0.459. The number of hydrazone groups is 1. The first-order valence-electron chi connectivity index (χ1n) is 12.0. The van der Waals surface area contributed by atoms with Gasteiger partial charge in [0, 0.05) is 42.4 Å². The van der Waals surface area contributed by atoms with Crippen molar-refractivity contribution in [1.29, 1.82) is 0 Å². The molecule has 11 nitrogen and oxygen atoms in total. The number of hydrazine groups is 2. The average molecular weight is 504 g/mol. The van der Waals surface area contributed by atoms with Gasteiger partial charge in [-0.3, -0.25) is 19.8 Å². The van der Waals surface area contributed by atoms with E-state index in [2.05, 4.69) is 21.6 Å². The van der Waals surface area contributed by atoms with E-state index >= 15 is 0 Å². The van der Waals surface area contributed by atoms with Crippen molar-refractivity contribution < 1.29 is 28.3 Å². The molecule has 1 amide bonds. The van der Waals surface area contributed by atoms with Crippen molar-refractivity contribution in [1.82, 2.24) is 21.4 Å². The Hall–Kier alpha value is -4.38. The molecule has 0 bridgehead atoms. The highest BCUT2D eigenvalue weighted by Gasteiger charge is 2.44. The van der Waals surface area contributed by atoms with Crippen LogP contribution in [-0.2, 0) is 0 Å². The fourth-order valence-electron chi connectivity index (χ4n) is 5.20. The number of Topliss-reactive ketones (excluding diaryl/α,β-unsaturated/α-hetero) is 2. The van der Waals surface area contributed by atoms with Crippen molar-refractivity contribution in [2.45, 2.75) is 31.8 Å². The van der Waals surface area contributed by atoms with Crippen LogP contribution < -0.4 is 26.0 Å². The van der Waals surface area contributed by atoms with Gasteiger partial charge in [-0.2, -0.15) is 0 Å². The summed E-state index contributed by atoms with van der Waals surface area (Å²) < 4.78 is 17.6. The lowest BCUT2D eigenvalue weighted by Gasteiger charge is -2.43. The molecule has 3 aliphatic heterocycles. The number of carbonyl (C=O) groups excluding carboxylic acids is 3. The molecule has 11 heteroatoms. The summed E-state index contributed by atoms with van der Waals surface area (Å²) in [5.74, 6) is 1.33. The Morgan fingerprint density at radius 1 is 1.14 bits per heavy atom. The first kappa shape index (κ1) is 23.0. The summed E-state index contributed by atoms with van der Waals surface area (Å²) in [4.78, 5) is 40.2. The van der Waals surface area contributed by atoms with Crippen LogP contribution in [0, 0.1) is 0 Å². The van der Waals surface area contributed by atoms with E-state index in [1.807, 2.05) is 6.07 Å². The lowest BCUT2D eigenvalue weighted by molar-refractivity contribution is -0.00638. The van der Waals surface area contributed by atoms with Crippen LogP contribution >= 0.6 is 0 Å². The zero-order valence-corrected chi connectivity index (χ0v) is 20.3. The molecule has 190 valence electrons. The van der Waals surface area contributed by atoms with Crippen LogP contribution in [-0.4, -0.2) is 54.0 Å². The van der Waals surface area contributed by atoms with E-state index in [9.17, 15) is 14.4 Å². The summed E-state index contributed by atoms with van der Waals surface area (Å²) in [6.07, 6.45) is 1.26. The van der Waals surface area contributed by atoms with Crippen molar-refractivity contribution >= 4 is 34.3 Å². The minimum absolute atomic E-state index is 0.00327. The Labute approximate surface area is 211 Å². The highest BCUT2D eigenvalue weighted by Crippen LogP contribution is 2.40. The molecular weight excluding hydrogens is 478 g/mol. The van der Waals surface area contributed by atoms with Gasteiger partial charge in [-0.25, -0.2) is 5.53 Å². The Morgan fingerprint density at radius 2 is 1.95 bits per heavy atom. The van der Waals surface area contributed by atoms with E-state index in [-0.39, 0.29) is 29.7 Å². The Bertz CT molecular complexity index is 1480. The molecule has 37 heavy (non-hydrogen) atoms. The Balaban J connectivity index is 1.20. The lowest BCUT2D eigenvalue weighted by atomic mass is 9.82. The van der Waals surface area contributed by atoms with Crippen LogP contribution in [0.25, 0.3) is 11.0 Å². The number of amidine groups is 1.